The average Bonchev–Trinajstić information content (AvgIpc) is 2.51. The Balaban J connectivity index is 2.35. The number of rotatable bonds is 4. The van der Waals surface area contributed by atoms with Crippen molar-refractivity contribution < 1.29 is 19.4 Å². The van der Waals surface area contributed by atoms with E-state index in [2.05, 4.69) is 0 Å². The van der Waals surface area contributed by atoms with Crippen molar-refractivity contribution in [1.29, 1.82) is 0 Å². The Kier molecular flexibility index (Phi) is 6.33. The highest BCUT2D eigenvalue weighted by Gasteiger charge is 2.49. The van der Waals surface area contributed by atoms with E-state index in [0.717, 1.165) is 0 Å². The number of aryl methyl sites for hydroxylation is 1. The van der Waals surface area contributed by atoms with E-state index in [1.54, 1.807) is 36.9 Å². The zero-order chi connectivity index (χ0) is 19.8. The number of likely N-dealkylation sites (N-methyl/N-ethyl adjacent to an activating group) is 1. The third-order valence-electron chi connectivity index (χ3n) is 5.54. The van der Waals surface area contributed by atoms with Gasteiger partial charge in [0.1, 0.15) is 17.5 Å². The van der Waals surface area contributed by atoms with E-state index in [0.29, 0.717) is 5.56 Å². The summed E-state index contributed by atoms with van der Waals surface area (Å²) in [4.78, 5) is 16.1. The maximum atomic E-state index is 14.7. The van der Waals surface area contributed by atoms with E-state index >= 15 is 0 Å². The van der Waals surface area contributed by atoms with Gasteiger partial charge in [0.25, 0.3) is 0 Å². The van der Waals surface area contributed by atoms with Gasteiger partial charge in [-0.25, -0.2) is 4.39 Å². The van der Waals surface area contributed by atoms with Gasteiger partial charge in [-0.1, -0.05) is 25.4 Å². The van der Waals surface area contributed by atoms with Crippen LogP contribution in [0.2, 0.25) is 5.02 Å². The number of piperidine rings is 1. The standard InChI is InChI=1S/C19H28ClFN2O3/c1-11-6-14(20)7-15(21)17(11)19(26)12(2)8-23(9-13(19)3)18(25)16(10-24)22(4)5/h6-7,12-13,16,24,26H,8-10H2,1-5H3/t12-,13+,16-,19-/m1/s1. The maximum Gasteiger partial charge on any atom is 0.242 e. The zero-order valence-electron chi connectivity index (χ0n) is 16.0. The van der Waals surface area contributed by atoms with Gasteiger partial charge in [0.15, 0.2) is 0 Å². The van der Waals surface area contributed by atoms with Crippen LogP contribution in [0, 0.1) is 24.6 Å². The minimum absolute atomic E-state index is 0.188. The van der Waals surface area contributed by atoms with Crippen LogP contribution in [-0.2, 0) is 10.4 Å². The summed E-state index contributed by atoms with van der Waals surface area (Å²) in [7, 11) is 3.47. The molecule has 0 saturated carbocycles. The van der Waals surface area contributed by atoms with Crippen molar-refractivity contribution >= 4 is 17.5 Å². The SMILES string of the molecule is Cc1cc(Cl)cc(F)c1[C@@]1(O)[C@H](C)CN(C(=O)[C@@H](CO)N(C)C)C[C@@H]1C. The van der Waals surface area contributed by atoms with Gasteiger partial charge in [0.2, 0.25) is 5.91 Å². The molecular formula is C19H28ClFN2O3. The molecule has 146 valence electrons. The van der Waals surface area contributed by atoms with Gasteiger partial charge in [-0.2, -0.15) is 0 Å². The summed E-state index contributed by atoms with van der Waals surface area (Å²) in [6, 6.07) is 2.23. The minimum atomic E-state index is -1.40. The molecule has 0 radical (unpaired) electrons. The molecule has 1 heterocycles. The molecule has 0 aliphatic carbocycles. The maximum absolute atomic E-state index is 14.7. The van der Waals surface area contributed by atoms with Crippen LogP contribution in [0.4, 0.5) is 4.39 Å². The summed E-state index contributed by atoms with van der Waals surface area (Å²) < 4.78 is 14.7. The first-order valence-corrected chi connectivity index (χ1v) is 9.16. The van der Waals surface area contributed by atoms with Gasteiger partial charge in [-0.05, 0) is 38.7 Å². The molecule has 2 N–H and O–H groups in total. The molecule has 7 heteroatoms. The molecule has 1 aromatic rings. The first kappa shape index (κ1) is 21.1. The second-order valence-electron chi connectivity index (χ2n) is 7.61. The smallest absolute Gasteiger partial charge is 0.242 e. The lowest BCUT2D eigenvalue weighted by Gasteiger charge is -2.49. The molecule has 1 amide bonds. The van der Waals surface area contributed by atoms with Crippen molar-refractivity contribution in [3.63, 3.8) is 0 Å². The second kappa shape index (κ2) is 7.80. The molecule has 1 aliphatic rings. The lowest BCUT2D eigenvalue weighted by molar-refractivity contribution is -0.154. The van der Waals surface area contributed by atoms with Crippen molar-refractivity contribution in [2.75, 3.05) is 33.8 Å². The highest BCUT2D eigenvalue weighted by atomic mass is 35.5. The van der Waals surface area contributed by atoms with Gasteiger partial charge < -0.3 is 15.1 Å². The number of benzene rings is 1. The fraction of sp³-hybridized carbons (Fsp3) is 0.632. The van der Waals surface area contributed by atoms with Crippen LogP contribution in [0.1, 0.15) is 25.0 Å². The normalized spacial score (nSPS) is 27.7. The summed E-state index contributed by atoms with van der Waals surface area (Å²) in [5.41, 5.74) is -0.555. The molecule has 5 nitrogen and oxygen atoms in total. The second-order valence-corrected chi connectivity index (χ2v) is 8.05. The monoisotopic (exact) mass is 386 g/mol. The third kappa shape index (κ3) is 3.60. The number of carbonyl (C=O) groups is 1. The number of likely N-dealkylation sites (tertiary alicyclic amines) is 1. The minimum Gasteiger partial charge on any atom is -0.394 e. The van der Waals surface area contributed by atoms with Gasteiger partial charge >= 0.3 is 0 Å². The van der Waals surface area contributed by atoms with Crippen LogP contribution >= 0.6 is 11.6 Å². The molecule has 1 aliphatic heterocycles. The molecule has 4 atom stereocenters. The molecule has 1 aromatic carbocycles. The summed E-state index contributed by atoms with van der Waals surface area (Å²) in [6.07, 6.45) is 0. The van der Waals surface area contributed by atoms with Crippen LogP contribution < -0.4 is 0 Å². The molecule has 26 heavy (non-hydrogen) atoms. The number of amides is 1. The van der Waals surface area contributed by atoms with Crippen LogP contribution in [-0.4, -0.2) is 65.8 Å². The van der Waals surface area contributed by atoms with Crippen LogP contribution in [0.25, 0.3) is 0 Å². The molecule has 1 saturated heterocycles. The Morgan fingerprint density at radius 1 is 1.38 bits per heavy atom. The van der Waals surface area contributed by atoms with Crippen LogP contribution in [0.3, 0.4) is 0 Å². The fourth-order valence-corrected chi connectivity index (χ4v) is 4.31. The molecule has 1 fully saturated rings. The highest BCUT2D eigenvalue weighted by molar-refractivity contribution is 6.30. The number of nitrogens with zero attached hydrogens (tertiary/aromatic N) is 2. The van der Waals surface area contributed by atoms with E-state index in [1.165, 1.54) is 6.07 Å². The molecule has 0 unspecified atom stereocenters. The summed E-state index contributed by atoms with van der Waals surface area (Å²) >= 11 is 5.92. The largest absolute Gasteiger partial charge is 0.394 e. The Labute approximate surface area is 159 Å². The molecular weight excluding hydrogens is 359 g/mol. The molecule has 0 bridgehead atoms. The fourth-order valence-electron chi connectivity index (χ4n) is 4.05. The van der Waals surface area contributed by atoms with Gasteiger partial charge in [0, 0.05) is 35.5 Å². The Hall–Kier alpha value is -1.21. The predicted octanol–water partition coefficient (Wildman–Crippen LogP) is 2.01. The van der Waals surface area contributed by atoms with E-state index in [9.17, 15) is 19.4 Å². The number of aliphatic hydroxyl groups is 2. The molecule has 0 aromatic heterocycles. The summed E-state index contributed by atoms with van der Waals surface area (Å²) in [5.74, 6) is -1.48. The van der Waals surface area contributed by atoms with Crippen molar-refractivity contribution in [3.8, 4) is 0 Å². The van der Waals surface area contributed by atoms with E-state index in [1.807, 2.05) is 13.8 Å². The Morgan fingerprint density at radius 3 is 2.35 bits per heavy atom. The van der Waals surface area contributed by atoms with Crippen molar-refractivity contribution in [3.05, 3.63) is 34.1 Å². The molecule has 0 spiro atoms. The van der Waals surface area contributed by atoms with Gasteiger partial charge in [-0.15, -0.1) is 0 Å². The Bertz CT molecular complexity index is 648. The van der Waals surface area contributed by atoms with Crippen molar-refractivity contribution in [2.45, 2.75) is 32.4 Å². The predicted molar refractivity (Wildman–Crippen MR) is 99.5 cm³/mol. The summed E-state index contributed by atoms with van der Waals surface area (Å²) in [5, 5.41) is 21.3. The topological polar surface area (TPSA) is 64.0 Å². The number of hydrogen-bond acceptors (Lipinski definition) is 4. The van der Waals surface area contributed by atoms with E-state index < -0.39 is 17.5 Å². The number of halogens is 2. The lowest BCUT2D eigenvalue weighted by Crippen LogP contribution is -2.59. The highest BCUT2D eigenvalue weighted by Crippen LogP contribution is 2.44. The van der Waals surface area contributed by atoms with Crippen LogP contribution in [0.15, 0.2) is 12.1 Å². The summed E-state index contributed by atoms with van der Waals surface area (Å²) in [6.45, 7) is 5.64. The van der Waals surface area contributed by atoms with Gasteiger partial charge in [-0.3, -0.25) is 9.69 Å². The van der Waals surface area contributed by atoms with Crippen LogP contribution in [0.5, 0.6) is 0 Å². The number of hydrogen-bond donors (Lipinski definition) is 2. The van der Waals surface area contributed by atoms with Gasteiger partial charge in [0.05, 0.1) is 6.61 Å². The average molecular weight is 387 g/mol. The van der Waals surface area contributed by atoms with E-state index in [4.69, 9.17) is 11.6 Å². The first-order valence-electron chi connectivity index (χ1n) is 8.78. The number of carbonyl (C=O) groups excluding carboxylic acids is 1. The zero-order valence-corrected chi connectivity index (χ0v) is 16.7. The Morgan fingerprint density at radius 2 is 1.92 bits per heavy atom. The van der Waals surface area contributed by atoms with Crippen molar-refractivity contribution in [2.24, 2.45) is 11.8 Å². The quantitative estimate of drug-likeness (QED) is 0.831. The molecule has 2 rings (SSSR count). The number of aliphatic hydroxyl groups excluding tert-OH is 1. The third-order valence-corrected chi connectivity index (χ3v) is 5.75. The van der Waals surface area contributed by atoms with E-state index in [-0.39, 0.29) is 48.0 Å². The van der Waals surface area contributed by atoms with Crippen molar-refractivity contribution in [1.82, 2.24) is 9.80 Å². The first-order chi connectivity index (χ1) is 12.0. The lowest BCUT2D eigenvalue weighted by atomic mass is 9.69.